The molecule has 1 aliphatic carbocycles. The summed E-state index contributed by atoms with van der Waals surface area (Å²) in [5, 5.41) is 13.1. The summed E-state index contributed by atoms with van der Waals surface area (Å²) in [5.74, 6) is 0.823. The molecule has 3 heterocycles. The maximum atomic E-state index is 12.1. The van der Waals surface area contributed by atoms with Gasteiger partial charge >= 0.3 is 0 Å². The van der Waals surface area contributed by atoms with Gasteiger partial charge in [-0.05, 0) is 25.0 Å². The second-order valence-corrected chi connectivity index (χ2v) is 6.24. The van der Waals surface area contributed by atoms with E-state index in [1.807, 2.05) is 24.3 Å². The molecule has 1 amide bonds. The topological polar surface area (TPSA) is 100 Å². The predicted octanol–water partition coefficient (Wildman–Crippen LogP) is 2.34. The van der Waals surface area contributed by atoms with Crippen molar-refractivity contribution in [2.75, 3.05) is 12.4 Å². The van der Waals surface area contributed by atoms with Crippen LogP contribution >= 0.6 is 0 Å². The van der Waals surface area contributed by atoms with Crippen LogP contribution in [0.25, 0.3) is 22.2 Å². The molecule has 0 spiro atoms. The summed E-state index contributed by atoms with van der Waals surface area (Å²) in [5.41, 5.74) is 2.75. The van der Waals surface area contributed by atoms with Gasteiger partial charge in [0.05, 0.1) is 18.7 Å². The summed E-state index contributed by atoms with van der Waals surface area (Å²) in [7, 11) is 1.58. The second kappa shape index (κ2) is 6.18. The quantitative estimate of drug-likeness (QED) is 0.678. The number of nitrogens with zero attached hydrogens (tertiary/aromatic N) is 2. The Kier molecular flexibility index (Phi) is 3.85. The van der Waals surface area contributed by atoms with Crippen LogP contribution in [0.15, 0.2) is 36.7 Å². The van der Waals surface area contributed by atoms with Crippen molar-refractivity contribution in [2.24, 2.45) is 5.92 Å². The summed E-state index contributed by atoms with van der Waals surface area (Å²) in [4.78, 5) is 23.8. The monoisotopic (exact) mass is 338 g/mol. The molecule has 3 aromatic rings. The van der Waals surface area contributed by atoms with E-state index in [-0.39, 0.29) is 17.9 Å². The van der Waals surface area contributed by atoms with Gasteiger partial charge in [-0.25, -0.2) is 9.97 Å². The van der Waals surface area contributed by atoms with Crippen LogP contribution in [0.5, 0.6) is 5.88 Å². The highest BCUT2D eigenvalue weighted by Crippen LogP contribution is 2.29. The van der Waals surface area contributed by atoms with Crippen molar-refractivity contribution in [3.8, 4) is 17.1 Å². The molecule has 0 radical (unpaired) electrons. The number of carbonyl (C=O) groups excluding carboxylic acids is 1. The lowest BCUT2D eigenvalue weighted by Crippen LogP contribution is -2.37. The fraction of sp³-hybridized carbons (Fsp3) is 0.278. The lowest BCUT2D eigenvalue weighted by molar-refractivity contribution is -0.126. The molecule has 25 heavy (non-hydrogen) atoms. The van der Waals surface area contributed by atoms with Crippen molar-refractivity contribution in [3.63, 3.8) is 0 Å². The van der Waals surface area contributed by atoms with Crippen LogP contribution in [0.3, 0.4) is 0 Å². The molecule has 3 aromatic heterocycles. The van der Waals surface area contributed by atoms with Crippen molar-refractivity contribution in [3.05, 3.63) is 36.7 Å². The first-order chi connectivity index (χ1) is 12.1. The number of H-pyrrole nitrogens is 1. The fourth-order valence-corrected chi connectivity index (χ4v) is 2.97. The van der Waals surface area contributed by atoms with E-state index in [2.05, 4.69) is 20.3 Å². The predicted molar refractivity (Wildman–Crippen MR) is 93.2 cm³/mol. The third-order valence-electron chi connectivity index (χ3n) is 4.49. The molecule has 0 saturated heterocycles. The van der Waals surface area contributed by atoms with E-state index in [9.17, 15) is 9.90 Å². The fourth-order valence-electron chi connectivity index (χ4n) is 2.97. The number of hydrogen-bond acceptors (Lipinski definition) is 5. The molecule has 7 heteroatoms. The second-order valence-electron chi connectivity index (χ2n) is 6.24. The van der Waals surface area contributed by atoms with Gasteiger partial charge in [0.15, 0.2) is 0 Å². The number of pyridine rings is 2. The number of hydrogen-bond donors (Lipinski definition) is 3. The van der Waals surface area contributed by atoms with Crippen molar-refractivity contribution in [1.29, 1.82) is 0 Å². The van der Waals surface area contributed by atoms with Gasteiger partial charge < -0.3 is 20.1 Å². The van der Waals surface area contributed by atoms with Crippen LogP contribution < -0.4 is 10.1 Å². The standard InChI is InChI=1S/C18H18N4O3/c1-25-17-7-10(2-3-19-17)14-6-12-9-20-16(8-15(12)21-14)22-18(24)11-4-13(23)5-11/h2-3,6-9,11,13,21,23H,4-5H2,1H3,(H,20,22,24). The van der Waals surface area contributed by atoms with E-state index < -0.39 is 0 Å². The minimum Gasteiger partial charge on any atom is -0.481 e. The highest BCUT2D eigenvalue weighted by Gasteiger charge is 2.33. The summed E-state index contributed by atoms with van der Waals surface area (Å²) < 4.78 is 5.16. The zero-order valence-electron chi connectivity index (χ0n) is 13.7. The van der Waals surface area contributed by atoms with Crippen molar-refractivity contribution in [1.82, 2.24) is 15.0 Å². The molecule has 1 saturated carbocycles. The number of aromatic nitrogens is 3. The number of fused-ring (bicyclic) bond motifs is 1. The minimum absolute atomic E-state index is 0.0946. The van der Waals surface area contributed by atoms with Gasteiger partial charge in [0, 0.05) is 47.1 Å². The van der Waals surface area contributed by atoms with Gasteiger partial charge in [-0.1, -0.05) is 0 Å². The molecule has 4 rings (SSSR count). The van der Waals surface area contributed by atoms with E-state index in [1.165, 1.54) is 0 Å². The number of aromatic amines is 1. The number of anilines is 1. The smallest absolute Gasteiger partial charge is 0.228 e. The molecule has 1 aliphatic rings. The van der Waals surface area contributed by atoms with Crippen LogP contribution in [0.1, 0.15) is 12.8 Å². The molecule has 0 aromatic carbocycles. The normalized spacial score (nSPS) is 19.4. The Hall–Kier alpha value is -2.93. The van der Waals surface area contributed by atoms with Crippen molar-refractivity contribution >= 4 is 22.6 Å². The van der Waals surface area contributed by atoms with Gasteiger partial charge in [-0.15, -0.1) is 0 Å². The molecule has 0 atom stereocenters. The van der Waals surface area contributed by atoms with Gasteiger partial charge in [0.25, 0.3) is 0 Å². The molecule has 7 nitrogen and oxygen atoms in total. The number of rotatable bonds is 4. The Labute approximate surface area is 144 Å². The molecule has 1 fully saturated rings. The van der Waals surface area contributed by atoms with Gasteiger partial charge in [-0.3, -0.25) is 4.79 Å². The number of methoxy groups -OCH3 is 1. The SMILES string of the molecule is COc1cc(-c2cc3cnc(NC(=O)C4CC(O)C4)cc3[nH]2)ccn1. The van der Waals surface area contributed by atoms with E-state index in [4.69, 9.17) is 4.74 Å². The zero-order chi connectivity index (χ0) is 17.4. The Bertz CT molecular complexity index is 931. The maximum absolute atomic E-state index is 12.1. The Morgan fingerprint density at radius 2 is 2.16 bits per heavy atom. The third kappa shape index (κ3) is 3.06. The van der Waals surface area contributed by atoms with Gasteiger partial charge in [-0.2, -0.15) is 0 Å². The van der Waals surface area contributed by atoms with E-state index in [0.29, 0.717) is 24.5 Å². The molecular formula is C18H18N4O3. The number of aliphatic hydroxyl groups is 1. The summed E-state index contributed by atoms with van der Waals surface area (Å²) in [6, 6.07) is 7.54. The first-order valence-corrected chi connectivity index (χ1v) is 8.10. The number of aliphatic hydroxyl groups excluding tert-OH is 1. The van der Waals surface area contributed by atoms with Gasteiger partial charge in [0.1, 0.15) is 5.82 Å². The van der Waals surface area contributed by atoms with Crippen LogP contribution in [-0.4, -0.2) is 39.2 Å². The average molecular weight is 338 g/mol. The van der Waals surface area contributed by atoms with Crippen LogP contribution in [0, 0.1) is 5.92 Å². The van der Waals surface area contributed by atoms with Crippen molar-refractivity contribution in [2.45, 2.75) is 18.9 Å². The largest absolute Gasteiger partial charge is 0.481 e. The molecule has 128 valence electrons. The molecule has 0 bridgehead atoms. The van der Waals surface area contributed by atoms with E-state index >= 15 is 0 Å². The van der Waals surface area contributed by atoms with E-state index in [0.717, 1.165) is 22.2 Å². The molecule has 3 N–H and O–H groups in total. The molecule has 0 unspecified atom stereocenters. The zero-order valence-corrected chi connectivity index (χ0v) is 13.7. The Balaban J connectivity index is 1.57. The highest BCUT2D eigenvalue weighted by molar-refractivity contribution is 5.94. The maximum Gasteiger partial charge on any atom is 0.228 e. The average Bonchev–Trinajstić information content (AvgIpc) is 3.02. The van der Waals surface area contributed by atoms with E-state index in [1.54, 1.807) is 19.5 Å². The Morgan fingerprint density at radius 3 is 2.92 bits per heavy atom. The summed E-state index contributed by atoms with van der Waals surface area (Å²) >= 11 is 0. The number of nitrogens with one attached hydrogen (secondary N) is 2. The Morgan fingerprint density at radius 1 is 1.32 bits per heavy atom. The summed E-state index contributed by atoms with van der Waals surface area (Å²) in [6.07, 6.45) is 4.10. The minimum atomic E-state index is -0.352. The van der Waals surface area contributed by atoms with Gasteiger partial charge in [0.2, 0.25) is 11.8 Å². The van der Waals surface area contributed by atoms with Crippen molar-refractivity contribution < 1.29 is 14.6 Å². The molecule has 0 aliphatic heterocycles. The highest BCUT2D eigenvalue weighted by atomic mass is 16.5. The summed E-state index contributed by atoms with van der Waals surface area (Å²) in [6.45, 7) is 0. The first kappa shape index (κ1) is 15.6. The number of ether oxygens (including phenoxy) is 1. The van der Waals surface area contributed by atoms with Crippen LogP contribution in [-0.2, 0) is 4.79 Å². The lowest BCUT2D eigenvalue weighted by Gasteiger charge is -2.29. The third-order valence-corrected chi connectivity index (χ3v) is 4.49. The lowest BCUT2D eigenvalue weighted by atomic mass is 9.82. The van der Waals surface area contributed by atoms with Crippen LogP contribution in [0.4, 0.5) is 5.82 Å². The van der Waals surface area contributed by atoms with Crippen LogP contribution in [0.2, 0.25) is 0 Å². The first-order valence-electron chi connectivity index (χ1n) is 8.10. The number of amides is 1. The molecular weight excluding hydrogens is 320 g/mol. The number of carbonyl (C=O) groups is 1.